The molecule has 3 rings (SSSR count). The Hall–Kier alpha value is -2.68. The molecule has 0 aliphatic carbocycles. The first kappa shape index (κ1) is 23.0. The summed E-state index contributed by atoms with van der Waals surface area (Å²) in [6.45, 7) is 5.82. The van der Waals surface area contributed by atoms with E-state index in [4.69, 9.17) is 16.3 Å². The summed E-state index contributed by atoms with van der Waals surface area (Å²) in [7, 11) is 0. The van der Waals surface area contributed by atoms with E-state index in [2.05, 4.69) is 15.7 Å². The Morgan fingerprint density at radius 1 is 1.26 bits per heavy atom. The Bertz CT molecular complexity index is 1070. The number of ether oxygens (including phenoxy) is 1. The fourth-order valence-electron chi connectivity index (χ4n) is 3.07. The van der Waals surface area contributed by atoms with Crippen LogP contribution in [-0.4, -0.2) is 34.6 Å². The first-order valence-electron chi connectivity index (χ1n) is 9.95. The van der Waals surface area contributed by atoms with E-state index in [1.165, 1.54) is 23.3 Å². The molecule has 1 aromatic heterocycles. The van der Waals surface area contributed by atoms with Gasteiger partial charge in [0.25, 0.3) is 0 Å². The van der Waals surface area contributed by atoms with Crippen LogP contribution in [-0.2, 0) is 16.1 Å². The van der Waals surface area contributed by atoms with Gasteiger partial charge in [0.1, 0.15) is 6.61 Å². The summed E-state index contributed by atoms with van der Waals surface area (Å²) in [4.78, 5) is 28.9. The molecule has 7 nitrogen and oxygen atoms in total. The second-order valence-corrected chi connectivity index (χ2v) is 8.53. The zero-order chi connectivity index (χ0) is 22.4. The smallest absolute Gasteiger partial charge is 0.413 e. The van der Waals surface area contributed by atoms with Crippen molar-refractivity contribution in [2.75, 3.05) is 11.9 Å². The van der Waals surface area contributed by atoms with Crippen molar-refractivity contribution < 1.29 is 14.3 Å². The molecular formula is C22H25ClN4O3S. The topological polar surface area (TPSA) is 83.6 Å². The molecule has 0 aliphatic rings. The van der Waals surface area contributed by atoms with Crippen molar-refractivity contribution in [3.05, 3.63) is 58.6 Å². The van der Waals surface area contributed by atoms with Gasteiger partial charge in [-0.2, -0.15) is 0 Å². The van der Waals surface area contributed by atoms with Crippen LogP contribution in [0.1, 0.15) is 31.4 Å². The van der Waals surface area contributed by atoms with Crippen LogP contribution in [0.25, 0.3) is 10.2 Å². The highest BCUT2D eigenvalue weighted by Gasteiger charge is 2.22. The minimum Gasteiger partial charge on any atom is -0.447 e. The largest absolute Gasteiger partial charge is 0.447 e. The van der Waals surface area contributed by atoms with Gasteiger partial charge in [-0.25, -0.2) is 15.2 Å². The minimum absolute atomic E-state index is 0.0431. The SMILES string of the molecule is CC[C@@H](COC(=O)Nc1nc2ccc(C)cc2s1)N(NCc1ccccc1Cl)C(C)=O. The molecule has 0 aliphatic heterocycles. The number of benzene rings is 2. The lowest BCUT2D eigenvalue weighted by molar-refractivity contribution is -0.136. The van der Waals surface area contributed by atoms with Gasteiger partial charge < -0.3 is 4.74 Å². The molecule has 1 atom stereocenters. The van der Waals surface area contributed by atoms with Crippen molar-refractivity contribution in [3.8, 4) is 0 Å². The number of rotatable bonds is 8. The van der Waals surface area contributed by atoms with Gasteiger partial charge in [0.15, 0.2) is 5.13 Å². The van der Waals surface area contributed by atoms with Gasteiger partial charge in [0, 0.05) is 18.5 Å². The van der Waals surface area contributed by atoms with E-state index in [-0.39, 0.29) is 18.6 Å². The normalized spacial score (nSPS) is 11.9. The van der Waals surface area contributed by atoms with Crippen LogP contribution >= 0.6 is 22.9 Å². The molecule has 0 saturated carbocycles. The number of halogens is 1. The zero-order valence-electron chi connectivity index (χ0n) is 17.6. The van der Waals surface area contributed by atoms with Crippen LogP contribution < -0.4 is 10.7 Å². The third-order valence-corrected chi connectivity index (χ3v) is 6.04. The molecule has 2 N–H and O–H groups in total. The number of hydrazine groups is 1. The summed E-state index contributed by atoms with van der Waals surface area (Å²) in [5.41, 5.74) is 5.92. The molecule has 164 valence electrons. The molecule has 0 bridgehead atoms. The molecular weight excluding hydrogens is 436 g/mol. The number of aryl methyl sites for hydroxylation is 1. The first-order valence-corrected chi connectivity index (χ1v) is 11.1. The van der Waals surface area contributed by atoms with Crippen LogP contribution in [0.3, 0.4) is 0 Å². The van der Waals surface area contributed by atoms with Gasteiger partial charge in [-0.1, -0.05) is 54.1 Å². The van der Waals surface area contributed by atoms with Crippen molar-refractivity contribution in [2.45, 2.75) is 39.8 Å². The van der Waals surface area contributed by atoms with Crippen molar-refractivity contribution in [1.29, 1.82) is 0 Å². The first-order chi connectivity index (χ1) is 14.9. The van der Waals surface area contributed by atoms with E-state index in [1.807, 2.05) is 50.2 Å². The van der Waals surface area contributed by atoms with Gasteiger partial charge in [0.05, 0.1) is 16.3 Å². The average molecular weight is 461 g/mol. The number of fused-ring (bicyclic) bond motifs is 1. The molecule has 3 aromatic rings. The molecule has 9 heteroatoms. The van der Waals surface area contributed by atoms with Crippen LogP contribution in [0.5, 0.6) is 0 Å². The maximum Gasteiger partial charge on any atom is 0.413 e. The number of amides is 2. The lowest BCUT2D eigenvalue weighted by atomic mass is 10.2. The number of nitrogens with one attached hydrogen (secondary N) is 2. The standard InChI is InChI=1S/C22H25ClN4O3S/c1-4-17(27(15(3)28)24-12-16-7-5-6-8-18(16)23)13-30-22(29)26-21-25-19-10-9-14(2)11-20(19)31-21/h5-11,17,24H,4,12-13H2,1-3H3,(H,25,26,29)/t17-/m0/s1. The number of anilines is 1. The van der Waals surface area contributed by atoms with Gasteiger partial charge in [-0.05, 0) is 42.7 Å². The number of thiazole rings is 1. The Morgan fingerprint density at radius 3 is 2.74 bits per heavy atom. The Kier molecular flexibility index (Phi) is 7.84. The summed E-state index contributed by atoms with van der Waals surface area (Å²) in [5.74, 6) is -0.176. The predicted octanol–water partition coefficient (Wildman–Crippen LogP) is 5.14. The minimum atomic E-state index is -0.608. The van der Waals surface area contributed by atoms with Crippen molar-refractivity contribution in [3.63, 3.8) is 0 Å². The molecule has 2 amide bonds. The number of carbonyl (C=O) groups is 2. The highest BCUT2D eigenvalue weighted by Crippen LogP contribution is 2.26. The molecule has 31 heavy (non-hydrogen) atoms. The molecule has 0 unspecified atom stereocenters. The summed E-state index contributed by atoms with van der Waals surface area (Å²) in [5, 5.41) is 5.24. The van der Waals surface area contributed by atoms with Crippen LogP contribution in [0.2, 0.25) is 5.02 Å². The maximum atomic E-state index is 12.3. The number of hydrogen-bond acceptors (Lipinski definition) is 6. The maximum absolute atomic E-state index is 12.3. The molecule has 0 fully saturated rings. The number of aromatic nitrogens is 1. The Balaban J connectivity index is 1.57. The summed E-state index contributed by atoms with van der Waals surface area (Å²) < 4.78 is 6.38. The molecule has 1 heterocycles. The van der Waals surface area contributed by atoms with Crippen molar-refractivity contribution in [2.24, 2.45) is 0 Å². The Labute approximate surface area is 190 Å². The second kappa shape index (κ2) is 10.6. The van der Waals surface area contributed by atoms with E-state index in [9.17, 15) is 9.59 Å². The van der Waals surface area contributed by atoms with Crippen molar-refractivity contribution in [1.82, 2.24) is 15.4 Å². The van der Waals surface area contributed by atoms with E-state index in [0.29, 0.717) is 23.1 Å². The van der Waals surface area contributed by atoms with Gasteiger partial charge >= 0.3 is 6.09 Å². The summed E-state index contributed by atoms with van der Waals surface area (Å²) in [6, 6.07) is 13.0. The lowest BCUT2D eigenvalue weighted by Gasteiger charge is -2.30. The van der Waals surface area contributed by atoms with Crippen LogP contribution in [0.4, 0.5) is 9.93 Å². The van der Waals surface area contributed by atoms with E-state index in [0.717, 1.165) is 21.3 Å². The van der Waals surface area contributed by atoms with Crippen LogP contribution in [0.15, 0.2) is 42.5 Å². The predicted molar refractivity (Wildman–Crippen MR) is 124 cm³/mol. The van der Waals surface area contributed by atoms with Gasteiger partial charge in [-0.3, -0.25) is 15.1 Å². The van der Waals surface area contributed by atoms with Gasteiger partial charge in [0.2, 0.25) is 5.91 Å². The van der Waals surface area contributed by atoms with E-state index < -0.39 is 6.09 Å². The second-order valence-electron chi connectivity index (χ2n) is 7.09. The number of hydrogen-bond donors (Lipinski definition) is 2. The summed E-state index contributed by atoms with van der Waals surface area (Å²) >= 11 is 7.58. The number of carbonyl (C=O) groups excluding carboxylic acids is 2. The molecule has 0 spiro atoms. The lowest BCUT2D eigenvalue weighted by Crippen LogP contribution is -2.50. The Morgan fingerprint density at radius 2 is 2.03 bits per heavy atom. The average Bonchev–Trinajstić information content (AvgIpc) is 3.12. The van der Waals surface area contributed by atoms with E-state index in [1.54, 1.807) is 6.07 Å². The van der Waals surface area contributed by atoms with Gasteiger partial charge in [-0.15, -0.1) is 0 Å². The monoisotopic (exact) mass is 460 g/mol. The van der Waals surface area contributed by atoms with E-state index >= 15 is 0 Å². The quantitative estimate of drug-likeness (QED) is 0.455. The molecule has 0 radical (unpaired) electrons. The third kappa shape index (κ3) is 6.16. The summed E-state index contributed by atoms with van der Waals surface area (Å²) in [6.07, 6.45) is -0.00756. The fourth-order valence-corrected chi connectivity index (χ4v) is 4.22. The third-order valence-electron chi connectivity index (χ3n) is 4.73. The molecule has 2 aromatic carbocycles. The van der Waals surface area contributed by atoms with Crippen molar-refractivity contribution >= 4 is 50.3 Å². The highest BCUT2D eigenvalue weighted by atomic mass is 35.5. The zero-order valence-corrected chi connectivity index (χ0v) is 19.2. The van der Waals surface area contributed by atoms with Crippen LogP contribution in [0, 0.1) is 6.92 Å². The fraction of sp³-hybridized carbons (Fsp3) is 0.318. The molecule has 0 saturated heterocycles. The highest BCUT2D eigenvalue weighted by molar-refractivity contribution is 7.22. The number of nitrogens with zero attached hydrogens (tertiary/aromatic N) is 2.